The van der Waals surface area contributed by atoms with Crippen molar-refractivity contribution in [1.82, 2.24) is 0 Å². The van der Waals surface area contributed by atoms with Gasteiger partial charge in [0.25, 0.3) is 0 Å². The van der Waals surface area contributed by atoms with Gasteiger partial charge in [-0.25, -0.2) is 4.39 Å². The lowest BCUT2D eigenvalue weighted by molar-refractivity contribution is 0.205. The second-order valence-electron chi connectivity index (χ2n) is 3.44. The maximum atomic E-state index is 13.6. The highest BCUT2D eigenvalue weighted by Crippen LogP contribution is 2.25. The largest absolute Gasteiger partial charge is 0.383 e. The van der Waals surface area contributed by atoms with E-state index in [1.807, 2.05) is 6.07 Å². The third-order valence-electron chi connectivity index (χ3n) is 2.52. The summed E-state index contributed by atoms with van der Waals surface area (Å²) in [6.45, 7) is 4.31. The van der Waals surface area contributed by atoms with Crippen molar-refractivity contribution in [2.45, 2.75) is 12.3 Å². The lowest BCUT2D eigenvalue weighted by atomic mass is 10.1. The Bertz CT molecular complexity index is 333. The van der Waals surface area contributed by atoms with E-state index in [4.69, 9.17) is 4.74 Å². The molecule has 0 saturated heterocycles. The van der Waals surface area contributed by atoms with Crippen LogP contribution in [-0.4, -0.2) is 26.8 Å². The number of ether oxygens (including phenoxy) is 1. The first-order chi connectivity index (χ1) is 7.74. The molecular formula is C12H17BrFNO. The molecule has 0 aromatic heterocycles. The Morgan fingerprint density at radius 2 is 2.19 bits per heavy atom. The topological polar surface area (TPSA) is 12.5 Å². The molecular weight excluding hydrogens is 273 g/mol. The number of anilines is 1. The SMILES string of the molecule is CCN(CCOC)c1cccc(F)c1CBr. The smallest absolute Gasteiger partial charge is 0.129 e. The summed E-state index contributed by atoms with van der Waals surface area (Å²) in [6.07, 6.45) is 0. The predicted molar refractivity (Wildman–Crippen MR) is 68.8 cm³/mol. The highest BCUT2D eigenvalue weighted by Gasteiger charge is 2.12. The van der Waals surface area contributed by atoms with E-state index in [1.54, 1.807) is 13.2 Å². The van der Waals surface area contributed by atoms with Gasteiger partial charge in [-0.05, 0) is 19.1 Å². The summed E-state index contributed by atoms with van der Waals surface area (Å²) < 4.78 is 18.6. The van der Waals surface area contributed by atoms with Crippen molar-refractivity contribution < 1.29 is 9.13 Å². The van der Waals surface area contributed by atoms with E-state index in [0.29, 0.717) is 17.5 Å². The zero-order valence-electron chi connectivity index (χ0n) is 9.67. The van der Waals surface area contributed by atoms with E-state index in [2.05, 4.69) is 27.8 Å². The molecule has 1 aromatic carbocycles. The normalized spacial score (nSPS) is 10.5. The average Bonchev–Trinajstić information content (AvgIpc) is 2.30. The second-order valence-corrected chi connectivity index (χ2v) is 4.00. The standard InChI is InChI=1S/C12H17BrFNO/c1-3-15(7-8-16-2)12-6-4-5-11(14)10(12)9-13/h4-6H,3,7-9H2,1-2H3. The first-order valence-electron chi connectivity index (χ1n) is 5.31. The zero-order valence-corrected chi connectivity index (χ0v) is 11.3. The van der Waals surface area contributed by atoms with Gasteiger partial charge in [-0.1, -0.05) is 22.0 Å². The van der Waals surface area contributed by atoms with Gasteiger partial charge in [0, 0.05) is 36.8 Å². The highest BCUT2D eigenvalue weighted by atomic mass is 79.9. The van der Waals surface area contributed by atoms with Crippen LogP contribution in [0.2, 0.25) is 0 Å². The molecule has 0 spiro atoms. The third kappa shape index (κ3) is 3.19. The van der Waals surface area contributed by atoms with Gasteiger partial charge in [0.05, 0.1) is 6.61 Å². The molecule has 0 unspecified atom stereocenters. The molecule has 4 heteroatoms. The Hall–Kier alpha value is -0.610. The molecule has 0 fully saturated rings. The summed E-state index contributed by atoms with van der Waals surface area (Å²) in [6, 6.07) is 5.18. The number of nitrogens with zero attached hydrogens (tertiary/aromatic N) is 1. The Morgan fingerprint density at radius 1 is 1.44 bits per heavy atom. The maximum Gasteiger partial charge on any atom is 0.129 e. The number of hydrogen-bond donors (Lipinski definition) is 0. The molecule has 0 saturated carbocycles. The van der Waals surface area contributed by atoms with Gasteiger partial charge in [0.1, 0.15) is 5.82 Å². The summed E-state index contributed by atoms with van der Waals surface area (Å²) >= 11 is 3.33. The number of hydrogen-bond acceptors (Lipinski definition) is 2. The van der Waals surface area contributed by atoms with Crippen LogP contribution in [0.3, 0.4) is 0 Å². The minimum Gasteiger partial charge on any atom is -0.383 e. The van der Waals surface area contributed by atoms with Crippen molar-refractivity contribution in [3.05, 3.63) is 29.6 Å². The summed E-state index contributed by atoms with van der Waals surface area (Å²) in [4.78, 5) is 2.11. The van der Waals surface area contributed by atoms with Gasteiger partial charge in [0.2, 0.25) is 0 Å². The van der Waals surface area contributed by atoms with Crippen molar-refractivity contribution in [3.63, 3.8) is 0 Å². The molecule has 90 valence electrons. The van der Waals surface area contributed by atoms with Gasteiger partial charge >= 0.3 is 0 Å². The first-order valence-corrected chi connectivity index (χ1v) is 6.44. The van der Waals surface area contributed by atoms with Gasteiger partial charge in [-0.2, -0.15) is 0 Å². The molecule has 0 amide bonds. The molecule has 0 N–H and O–H groups in total. The minimum atomic E-state index is -0.162. The van der Waals surface area contributed by atoms with Crippen molar-refractivity contribution in [1.29, 1.82) is 0 Å². The molecule has 0 atom stereocenters. The molecule has 0 radical (unpaired) electrons. The first kappa shape index (κ1) is 13.5. The fourth-order valence-corrected chi connectivity index (χ4v) is 2.18. The van der Waals surface area contributed by atoms with E-state index >= 15 is 0 Å². The van der Waals surface area contributed by atoms with Crippen LogP contribution >= 0.6 is 15.9 Å². The quantitative estimate of drug-likeness (QED) is 0.746. The number of benzene rings is 1. The van der Waals surface area contributed by atoms with E-state index in [-0.39, 0.29) is 5.82 Å². The van der Waals surface area contributed by atoms with Crippen LogP contribution in [0.4, 0.5) is 10.1 Å². The van der Waals surface area contributed by atoms with E-state index < -0.39 is 0 Å². The fraction of sp³-hybridized carbons (Fsp3) is 0.500. The molecule has 1 rings (SSSR count). The van der Waals surface area contributed by atoms with Crippen LogP contribution in [0.15, 0.2) is 18.2 Å². The van der Waals surface area contributed by atoms with Crippen LogP contribution in [0.5, 0.6) is 0 Å². The van der Waals surface area contributed by atoms with E-state index in [9.17, 15) is 4.39 Å². The van der Waals surface area contributed by atoms with E-state index in [0.717, 1.165) is 18.8 Å². The molecule has 0 heterocycles. The second kappa shape index (κ2) is 6.86. The number of rotatable bonds is 6. The van der Waals surface area contributed by atoms with Crippen LogP contribution in [0.25, 0.3) is 0 Å². The molecule has 0 aliphatic rings. The van der Waals surface area contributed by atoms with Gasteiger partial charge in [-0.3, -0.25) is 0 Å². The molecule has 16 heavy (non-hydrogen) atoms. The summed E-state index contributed by atoms with van der Waals surface area (Å²) in [5, 5.41) is 0.526. The molecule has 2 nitrogen and oxygen atoms in total. The molecule has 1 aromatic rings. The van der Waals surface area contributed by atoms with Crippen molar-refractivity contribution in [3.8, 4) is 0 Å². The number of methoxy groups -OCH3 is 1. The van der Waals surface area contributed by atoms with Crippen molar-refractivity contribution in [2.75, 3.05) is 31.7 Å². The van der Waals surface area contributed by atoms with Gasteiger partial charge < -0.3 is 9.64 Å². The van der Waals surface area contributed by atoms with Crippen LogP contribution < -0.4 is 4.90 Å². The van der Waals surface area contributed by atoms with Crippen LogP contribution in [0.1, 0.15) is 12.5 Å². The summed E-state index contributed by atoms with van der Waals surface area (Å²) in [5.41, 5.74) is 1.65. The fourth-order valence-electron chi connectivity index (χ4n) is 1.63. The third-order valence-corrected chi connectivity index (χ3v) is 3.08. The number of likely N-dealkylation sites (N-methyl/N-ethyl adjacent to an activating group) is 1. The van der Waals surface area contributed by atoms with Gasteiger partial charge in [-0.15, -0.1) is 0 Å². The molecule has 0 aliphatic heterocycles. The predicted octanol–water partition coefficient (Wildman–Crippen LogP) is 3.19. The average molecular weight is 290 g/mol. The number of alkyl halides is 1. The van der Waals surface area contributed by atoms with Gasteiger partial charge in [0.15, 0.2) is 0 Å². The summed E-state index contributed by atoms with van der Waals surface area (Å²) in [5.74, 6) is -0.162. The Kier molecular flexibility index (Phi) is 5.77. The maximum absolute atomic E-state index is 13.6. The summed E-state index contributed by atoms with van der Waals surface area (Å²) in [7, 11) is 1.67. The van der Waals surface area contributed by atoms with Crippen molar-refractivity contribution in [2.24, 2.45) is 0 Å². The molecule has 0 bridgehead atoms. The van der Waals surface area contributed by atoms with Crippen LogP contribution in [-0.2, 0) is 10.1 Å². The lowest BCUT2D eigenvalue weighted by Crippen LogP contribution is -2.27. The lowest BCUT2D eigenvalue weighted by Gasteiger charge is -2.25. The monoisotopic (exact) mass is 289 g/mol. The number of halogens is 2. The van der Waals surface area contributed by atoms with Crippen LogP contribution in [0, 0.1) is 5.82 Å². The Morgan fingerprint density at radius 3 is 2.75 bits per heavy atom. The zero-order chi connectivity index (χ0) is 12.0. The van der Waals surface area contributed by atoms with Crippen molar-refractivity contribution >= 4 is 21.6 Å². The Labute approximate surface area is 105 Å². The highest BCUT2D eigenvalue weighted by molar-refractivity contribution is 9.08. The Balaban J connectivity index is 2.94. The molecule has 0 aliphatic carbocycles. The van der Waals surface area contributed by atoms with E-state index in [1.165, 1.54) is 6.07 Å². The minimum absolute atomic E-state index is 0.162.